The molecule has 2 aliphatic heterocycles. The van der Waals surface area contributed by atoms with Crippen molar-refractivity contribution in [2.24, 2.45) is 22.4 Å². The van der Waals surface area contributed by atoms with Crippen molar-refractivity contribution in [1.29, 1.82) is 0 Å². The lowest BCUT2D eigenvalue weighted by Crippen LogP contribution is -2.48. The van der Waals surface area contributed by atoms with Gasteiger partial charge in [-0.2, -0.15) is 0 Å². The average Bonchev–Trinajstić information content (AvgIpc) is 3.28. The number of aromatic nitrogens is 2. The van der Waals surface area contributed by atoms with Crippen LogP contribution in [0.4, 0.5) is 8.78 Å². The first-order valence-electron chi connectivity index (χ1n) is 9.86. The number of halogens is 2. The fourth-order valence-electron chi connectivity index (χ4n) is 4.35. The normalized spacial score (nSPS) is 24.8. The monoisotopic (exact) mass is 420 g/mol. The molecule has 11 heteroatoms. The molecular weight excluding hydrogens is 394 g/mol. The number of nitrogens with two attached hydrogens (primary N) is 3. The zero-order chi connectivity index (χ0) is 21.4. The highest BCUT2D eigenvalue weighted by molar-refractivity contribution is 5.94. The number of rotatable bonds is 5. The molecule has 4 rings (SSSR count). The molecule has 0 radical (unpaired) electrons. The van der Waals surface area contributed by atoms with Gasteiger partial charge in [-0.3, -0.25) is 4.90 Å². The molecule has 2 unspecified atom stereocenters. The number of fused-ring (bicyclic) bond motifs is 1. The number of amidine groups is 1. The smallest absolute Gasteiger partial charge is 0.188 e. The van der Waals surface area contributed by atoms with Gasteiger partial charge in [-0.1, -0.05) is 0 Å². The molecular formula is C19H26F2N8O. The van der Waals surface area contributed by atoms with Gasteiger partial charge in [0.05, 0.1) is 18.0 Å². The minimum atomic E-state index is -0.670. The van der Waals surface area contributed by atoms with E-state index in [4.69, 9.17) is 22.0 Å². The second-order valence-electron chi connectivity index (χ2n) is 7.58. The third-order valence-electron chi connectivity index (χ3n) is 5.77. The van der Waals surface area contributed by atoms with Crippen LogP contribution in [0.5, 0.6) is 0 Å². The Morgan fingerprint density at radius 3 is 2.87 bits per heavy atom. The number of hydrogen-bond donors (Lipinski definition) is 4. The van der Waals surface area contributed by atoms with Gasteiger partial charge >= 0.3 is 0 Å². The molecule has 1 aromatic carbocycles. The Labute approximate surface area is 172 Å². The van der Waals surface area contributed by atoms with Crippen molar-refractivity contribution >= 4 is 5.84 Å². The largest absolute Gasteiger partial charge is 0.379 e. The van der Waals surface area contributed by atoms with Gasteiger partial charge in [0.25, 0.3) is 0 Å². The number of hydrazone groups is 1. The van der Waals surface area contributed by atoms with Gasteiger partial charge in [-0.15, -0.1) is 5.10 Å². The lowest BCUT2D eigenvalue weighted by Gasteiger charge is -2.38. The van der Waals surface area contributed by atoms with Crippen molar-refractivity contribution in [3.05, 3.63) is 52.6 Å². The molecule has 30 heavy (non-hydrogen) atoms. The number of nitrogens with one attached hydrogen (secondary N) is 1. The van der Waals surface area contributed by atoms with Crippen LogP contribution < -0.4 is 22.8 Å². The summed E-state index contributed by atoms with van der Waals surface area (Å²) in [7, 11) is 0. The third kappa shape index (κ3) is 3.65. The summed E-state index contributed by atoms with van der Waals surface area (Å²) in [4.78, 5) is 6.87. The summed E-state index contributed by atoms with van der Waals surface area (Å²) in [6.07, 6.45) is -0.0687. The molecule has 9 nitrogen and oxygen atoms in total. The highest BCUT2D eigenvalue weighted by Crippen LogP contribution is 2.34. The van der Waals surface area contributed by atoms with E-state index in [0.29, 0.717) is 38.5 Å². The van der Waals surface area contributed by atoms with Crippen LogP contribution in [0.2, 0.25) is 0 Å². The minimum Gasteiger partial charge on any atom is -0.379 e. The van der Waals surface area contributed by atoms with Gasteiger partial charge in [-0.05, 0) is 31.5 Å². The second kappa shape index (κ2) is 8.26. The van der Waals surface area contributed by atoms with Crippen LogP contribution in [0.3, 0.4) is 0 Å². The van der Waals surface area contributed by atoms with Crippen molar-refractivity contribution in [3.8, 4) is 0 Å². The van der Waals surface area contributed by atoms with Crippen LogP contribution in [0.25, 0.3) is 0 Å². The van der Waals surface area contributed by atoms with Crippen molar-refractivity contribution in [2.75, 3.05) is 6.61 Å². The van der Waals surface area contributed by atoms with Crippen molar-refractivity contribution in [2.45, 2.75) is 51.2 Å². The summed E-state index contributed by atoms with van der Waals surface area (Å²) >= 11 is 0. The first kappa shape index (κ1) is 20.7. The lowest BCUT2D eigenvalue weighted by molar-refractivity contribution is -0.0535. The van der Waals surface area contributed by atoms with Gasteiger partial charge in [0.1, 0.15) is 17.7 Å². The topological polar surface area (TPSA) is 133 Å². The third-order valence-corrected chi connectivity index (χ3v) is 5.77. The summed E-state index contributed by atoms with van der Waals surface area (Å²) in [6, 6.07) is 2.95. The predicted molar refractivity (Wildman–Crippen MR) is 107 cm³/mol. The number of nitrogens with zero attached hydrogens (tertiary/aromatic N) is 4. The molecule has 0 saturated carbocycles. The second-order valence-corrected chi connectivity index (χ2v) is 7.58. The zero-order valence-electron chi connectivity index (χ0n) is 16.7. The minimum absolute atomic E-state index is 0.0487. The Balaban J connectivity index is 1.47. The highest BCUT2D eigenvalue weighted by atomic mass is 19.1. The Hall–Kier alpha value is -2.60. The molecule has 1 saturated heterocycles. The van der Waals surface area contributed by atoms with E-state index in [1.807, 2.05) is 11.5 Å². The van der Waals surface area contributed by atoms with Crippen molar-refractivity contribution < 1.29 is 13.5 Å². The summed E-state index contributed by atoms with van der Waals surface area (Å²) in [5.74, 6) is 5.01. The molecule has 2 aromatic rings. The quantitative estimate of drug-likeness (QED) is 0.239. The van der Waals surface area contributed by atoms with Crippen LogP contribution in [-0.2, 0) is 24.4 Å². The number of ether oxygens (including phenoxy) is 1. The number of hydrogen-bond acceptors (Lipinski definition) is 7. The fourth-order valence-corrected chi connectivity index (χ4v) is 4.35. The van der Waals surface area contributed by atoms with Crippen LogP contribution in [0, 0.1) is 11.6 Å². The number of hydrazine groups is 1. The standard InChI is InChI=1S/C19H26F2N8O/c1-2-29-16-8-28(7-15(16)25-19(29)18(23)26-27-24)11-6-14(22)17(30-9-11)12-5-10(20)3-4-13(12)21/h3-5,11,14,17,27H,2,6-9,22,24H2,1H3,(H2,23,26)/t11?,14?,17-/m1/s1. The van der Waals surface area contributed by atoms with Crippen LogP contribution >= 0.6 is 0 Å². The Bertz CT molecular complexity index is 962. The maximum absolute atomic E-state index is 14.1. The number of benzene rings is 1. The molecule has 0 bridgehead atoms. The molecule has 7 N–H and O–H groups in total. The van der Waals surface area contributed by atoms with Gasteiger partial charge in [-0.25, -0.2) is 25.1 Å². The maximum Gasteiger partial charge on any atom is 0.188 e. The van der Waals surface area contributed by atoms with Crippen molar-refractivity contribution in [3.63, 3.8) is 0 Å². The molecule has 162 valence electrons. The van der Waals surface area contributed by atoms with Gasteiger partial charge in [0.15, 0.2) is 11.7 Å². The first-order valence-corrected chi connectivity index (χ1v) is 9.86. The molecule has 1 fully saturated rings. The van der Waals surface area contributed by atoms with E-state index in [9.17, 15) is 8.78 Å². The highest BCUT2D eigenvalue weighted by Gasteiger charge is 2.38. The first-order chi connectivity index (χ1) is 14.4. The van der Waals surface area contributed by atoms with E-state index >= 15 is 0 Å². The summed E-state index contributed by atoms with van der Waals surface area (Å²) in [6.45, 7) is 4.36. The van der Waals surface area contributed by atoms with Crippen molar-refractivity contribution in [1.82, 2.24) is 20.0 Å². The summed E-state index contributed by atoms with van der Waals surface area (Å²) in [5, 5.41) is 3.82. The van der Waals surface area contributed by atoms with E-state index < -0.39 is 23.8 Å². The molecule has 0 amide bonds. The van der Waals surface area contributed by atoms with Crippen LogP contribution in [0.1, 0.15) is 42.2 Å². The number of imidazole rings is 1. The predicted octanol–water partition coefficient (Wildman–Crippen LogP) is 0.438. The summed E-state index contributed by atoms with van der Waals surface area (Å²) in [5.41, 5.74) is 16.6. The van der Waals surface area contributed by atoms with Gasteiger partial charge in [0, 0.05) is 37.3 Å². The summed E-state index contributed by atoms with van der Waals surface area (Å²) < 4.78 is 35.6. The van der Waals surface area contributed by atoms with E-state index in [0.717, 1.165) is 29.6 Å². The van der Waals surface area contributed by atoms with E-state index in [1.54, 1.807) is 0 Å². The Kier molecular flexibility index (Phi) is 5.69. The van der Waals surface area contributed by atoms with E-state index in [2.05, 4.69) is 20.5 Å². The van der Waals surface area contributed by atoms with Crippen LogP contribution in [-0.4, -0.2) is 39.0 Å². The maximum atomic E-state index is 14.1. The lowest BCUT2D eigenvalue weighted by atomic mass is 9.93. The molecule has 3 atom stereocenters. The Morgan fingerprint density at radius 1 is 1.37 bits per heavy atom. The molecule has 1 aromatic heterocycles. The van der Waals surface area contributed by atoms with E-state index in [-0.39, 0.29) is 17.4 Å². The van der Waals surface area contributed by atoms with Gasteiger partial charge < -0.3 is 20.8 Å². The average molecular weight is 420 g/mol. The van der Waals surface area contributed by atoms with Gasteiger partial charge in [0.2, 0.25) is 0 Å². The fraction of sp³-hybridized carbons (Fsp3) is 0.474. The zero-order valence-corrected chi connectivity index (χ0v) is 16.7. The van der Waals surface area contributed by atoms with Crippen LogP contribution in [0.15, 0.2) is 23.3 Å². The van der Waals surface area contributed by atoms with E-state index in [1.165, 1.54) is 0 Å². The molecule has 2 aliphatic rings. The molecule has 3 heterocycles. The molecule has 0 spiro atoms. The Morgan fingerprint density at radius 2 is 2.17 bits per heavy atom. The molecule has 0 aliphatic carbocycles. The SMILES string of the molecule is CCn1c(/C(N)=N/NN)nc2c1CN(C1CO[C@H](c3cc(F)ccc3F)C(N)C1)C2.